The second-order valence-electron chi connectivity index (χ2n) is 4.34. The number of aromatic nitrogens is 2. The Morgan fingerprint density at radius 3 is 3.06 bits per heavy atom. The van der Waals surface area contributed by atoms with E-state index >= 15 is 0 Å². The molecule has 1 fully saturated rings. The van der Waals surface area contributed by atoms with Gasteiger partial charge in [0.1, 0.15) is 0 Å². The molecule has 1 atom stereocenters. The molecule has 0 spiro atoms. The first kappa shape index (κ1) is 12.8. The average molecular weight is 252 g/mol. The van der Waals surface area contributed by atoms with Gasteiger partial charge in [-0.15, -0.1) is 0 Å². The second kappa shape index (κ2) is 5.30. The van der Waals surface area contributed by atoms with Crippen molar-refractivity contribution >= 4 is 5.78 Å². The number of nitrogens with zero attached hydrogens (tertiary/aromatic N) is 2. The summed E-state index contributed by atoms with van der Waals surface area (Å²) in [4.78, 5) is 27.9. The maximum absolute atomic E-state index is 12.0. The van der Waals surface area contributed by atoms with Crippen LogP contribution in [0.4, 0.5) is 0 Å². The van der Waals surface area contributed by atoms with Gasteiger partial charge in [-0.25, -0.2) is 4.98 Å². The molecule has 6 heteroatoms. The van der Waals surface area contributed by atoms with Crippen LogP contribution in [0.2, 0.25) is 0 Å². The molecule has 2 rings (SSSR count). The maximum Gasteiger partial charge on any atom is 0.299 e. The monoisotopic (exact) mass is 252 g/mol. The zero-order valence-corrected chi connectivity index (χ0v) is 10.5. The molecule has 1 aliphatic heterocycles. The zero-order valence-electron chi connectivity index (χ0n) is 10.5. The van der Waals surface area contributed by atoms with Crippen LogP contribution in [-0.4, -0.2) is 35.7 Å². The van der Waals surface area contributed by atoms with E-state index in [1.54, 1.807) is 6.92 Å². The van der Waals surface area contributed by atoms with Crippen molar-refractivity contribution in [3.05, 3.63) is 22.1 Å². The van der Waals surface area contributed by atoms with Crippen molar-refractivity contribution in [3.63, 3.8) is 0 Å². The first-order valence-electron chi connectivity index (χ1n) is 5.84. The third-order valence-corrected chi connectivity index (χ3v) is 2.98. The predicted octanol–water partition coefficient (Wildman–Crippen LogP) is 0.166. The van der Waals surface area contributed by atoms with E-state index in [2.05, 4.69) is 4.98 Å². The molecule has 0 bridgehead atoms. The Morgan fingerprint density at radius 2 is 2.44 bits per heavy atom. The minimum atomic E-state index is -0.272. The Morgan fingerprint density at radius 1 is 1.67 bits per heavy atom. The molecule has 0 N–H and O–H groups in total. The molecule has 0 radical (unpaired) electrons. The first-order chi connectivity index (χ1) is 8.61. The highest BCUT2D eigenvalue weighted by Crippen LogP contribution is 2.15. The topological polar surface area (TPSA) is 70.4 Å². The molecule has 1 saturated heterocycles. The lowest BCUT2D eigenvalue weighted by atomic mass is 10.0. The fourth-order valence-corrected chi connectivity index (χ4v) is 1.97. The highest BCUT2D eigenvalue weighted by Gasteiger charge is 2.24. The van der Waals surface area contributed by atoms with E-state index in [1.807, 2.05) is 0 Å². The molecule has 0 aromatic carbocycles. The van der Waals surface area contributed by atoms with Crippen molar-refractivity contribution in [2.24, 2.45) is 5.92 Å². The summed E-state index contributed by atoms with van der Waals surface area (Å²) in [7, 11) is 1.43. The number of carbonyl (C=O) groups is 1. The van der Waals surface area contributed by atoms with Crippen LogP contribution in [0, 0.1) is 12.8 Å². The smallest absolute Gasteiger partial charge is 0.299 e. The van der Waals surface area contributed by atoms with Gasteiger partial charge < -0.3 is 9.47 Å². The molecule has 98 valence electrons. The number of ether oxygens (including phenoxy) is 2. The van der Waals surface area contributed by atoms with E-state index in [0.717, 1.165) is 6.42 Å². The van der Waals surface area contributed by atoms with E-state index in [4.69, 9.17) is 9.47 Å². The fraction of sp³-hybridized carbons (Fsp3) is 0.583. The standard InChI is InChI=1S/C12H16N2O4/c1-8-5-11(16)14(12(13-8)17-2)6-10(15)9-3-4-18-7-9/h5,9H,3-4,6-7H2,1-2H3. The summed E-state index contributed by atoms with van der Waals surface area (Å²) in [6, 6.07) is 1.56. The molecule has 0 aliphatic carbocycles. The normalized spacial score (nSPS) is 18.9. The number of ketones is 1. The van der Waals surface area contributed by atoms with Crippen LogP contribution in [-0.2, 0) is 16.1 Å². The molecule has 0 saturated carbocycles. The van der Waals surface area contributed by atoms with Gasteiger partial charge in [0, 0.05) is 24.3 Å². The molecule has 0 amide bonds. The van der Waals surface area contributed by atoms with Crippen molar-refractivity contribution in [2.45, 2.75) is 19.9 Å². The van der Waals surface area contributed by atoms with Crippen LogP contribution in [0.1, 0.15) is 12.1 Å². The summed E-state index contributed by atoms with van der Waals surface area (Å²) in [6.45, 7) is 2.74. The Balaban J connectivity index is 2.22. The van der Waals surface area contributed by atoms with E-state index in [1.165, 1.54) is 17.7 Å². The molecule has 1 aromatic heterocycles. The number of hydrogen-bond acceptors (Lipinski definition) is 5. The number of rotatable bonds is 4. The first-order valence-corrected chi connectivity index (χ1v) is 5.84. The molecule has 18 heavy (non-hydrogen) atoms. The van der Waals surface area contributed by atoms with Gasteiger partial charge in [-0.2, -0.15) is 0 Å². The highest BCUT2D eigenvalue weighted by molar-refractivity contribution is 5.81. The van der Waals surface area contributed by atoms with Gasteiger partial charge in [0.2, 0.25) is 0 Å². The lowest BCUT2D eigenvalue weighted by Crippen LogP contribution is -2.29. The van der Waals surface area contributed by atoms with Gasteiger partial charge in [0.25, 0.3) is 11.6 Å². The van der Waals surface area contributed by atoms with E-state index < -0.39 is 0 Å². The van der Waals surface area contributed by atoms with Crippen LogP contribution in [0.15, 0.2) is 10.9 Å². The van der Waals surface area contributed by atoms with Crippen molar-refractivity contribution in [1.82, 2.24) is 9.55 Å². The number of methoxy groups -OCH3 is 1. The third kappa shape index (κ3) is 2.59. The Kier molecular flexibility index (Phi) is 3.76. The Bertz CT molecular complexity index is 503. The van der Waals surface area contributed by atoms with Crippen LogP contribution in [0.5, 0.6) is 6.01 Å². The number of carbonyl (C=O) groups excluding carboxylic acids is 1. The number of Topliss-reactive ketones (excluding diaryl/α,β-unsaturated/α-hetero) is 1. The highest BCUT2D eigenvalue weighted by atomic mass is 16.5. The number of hydrogen-bond donors (Lipinski definition) is 0. The Labute approximate surface area is 105 Å². The second-order valence-corrected chi connectivity index (χ2v) is 4.34. The summed E-state index contributed by atoms with van der Waals surface area (Å²) in [6.07, 6.45) is 0.717. The van der Waals surface area contributed by atoms with Gasteiger partial charge in [-0.1, -0.05) is 0 Å². The molecule has 2 heterocycles. The predicted molar refractivity (Wildman–Crippen MR) is 63.7 cm³/mol. The van der Waals surface area contributed by atoms with Crippen LogP contribution in [0.25, 0.3) is 0 Å². The number of aryl methyl sites for hydroxylation is 1. The summed E-state index contributed by atoms with van der Waals surface area (Å²) in [5.74, 6) is -0.138. The van der Waals surface area contributed by atoms with Gasteiger partial charge in [0.05, 0.1) is 20.3 Å². The third-order valence-electron chi connectivity index (χ3n) is 2.98. The lowest BCUT2D eigenvalue weighted by molar-refractivity contribution is -0.123. The van der Waals surface area contributed by atoms with Crippen LogP contribution >= 0.6 is 0 Å². The molecule has 1 aromatic rings. The van der Waals surface area contributed by atoms with Crippen LogP contribution < -0.4 is 10.3 Å². The van der Waals surface area contributed by atoms with Gasteiger partial charge in [0.15, 0.2) is 5.78 Å². The van der Waals surface area contributed by atoms with Gasteiger partial charge in [-0.05, 0) is 13.3 Å². The van der Waals surface area contributed by atoms with E-state index in [9.17, 15) is 9.59 Å². The molecule has 6 nitrogen and oxygen atoms in total. The van der Waals surface area contributed by atoms with Crippen molar-refractivity contribution in [3.8, 4) is 6.01 Å². The summed E-state index contributed by atoms with van der Waals surface area (Å²) in [5, 5.41) is 0. The maximum atomic E-state index is 12.0. The van der Waals surface area contributed by atoms with Crippen LogP contribution in [0.3, 0.4) is 0 Å². The molecular formula is C12H16N2O4. The largest absolute Gasteiger partial charge is 0.468 e. The van der Waals surface area contributed by atoms with E-state index in [-0.39, 0.29) is 29.8 Å². The van der Waals surface area contributed by atoms with Crippen molar-refractivity contribution in [2.75, 3.05) is 20.3 Å². The summed E-state index contributed by atoms with van der Waals surface area (Å²) < 4.78 is 11.5. The summed E-state index contributed by atoms with van der Waals surface area (Å²) in [5.41, 5.74) is 0.302. The van der Waals surface area contributed by atoms with Crippen molar-refractivity contribution < 1.29 is 14.3 Å². The minimum absolute atomic E-state index is 0.0106. The quantitative estimate of drug-likeness (QED) is 0.763. The minimum Gasteiger partial charge on any atom is -0.468 e. The lowest BCUT2D eigenvalue weighted by Gasteiger charge is -2.12. The average Bonchev–Trinajstić information content (AvgIpc) is 2.85. The molecular weight excluding hydrogens is 236 g/mol. The fourth-order valence-electron chi connectivity index (χ4n) is 1.97. The van der Waals surface area contributed by atoms with Gasteiger partial charge >= 0.3 is 0 Å². The molecule has 1 unspecified atom stereocenters. The summed E-state index contributed by atoms with van der Waals surface area (Å²) >= 11 is 0. The van der Waals surface area contributed by atoms with Gasteiger partial charge in [-0.3, -0.25) is 14.2 Å². The SMILES string of the molecule is COc1nc(C)cc(=O)n1CC(=O)C1CCOC1. The van der Waals surface area contributed by atoms with E-state index in [0.29, 0.717) is 18.9 Å². The van der Waals surface area contributed by atoms with Crippen molar-refractivity contribution in [1.29, 1.82) is 0 Å². The molecule has 1 aliphatic rings. The zero-order chi connectivity index (χ0) is 13.1. The Hall–Kier alpha value is -1.69.